The van der Waals surface area contributed by atoms with E-state index in [1.165, 1.54) is 0 Å². The molecule has 0 fully saturated rings. The predicted octanol–water partition coefficient (Wildman–Crippen LogP) is -1.55. The van der Waals surface area contributed by atoms with Gasteiger partial charge < -0.3 is 48.3 Å². The lowest BCUT2D eigenvalue weighted by Crippen LogP contribution is -2.58. The Morgan fingerprint density at radius 2 is 1.49 bits per heavy atom. The molecule has 0 aliphatic heterocycles. The number of amides is 4. The van der Waals surface area contributed by atoms with Gasteiger partial charge in [0.15, 0.2) is 0 Å². The van der Waals surface area contributed by atoms with Crippen LogP contribution >= 0.6 is 0 Å². The molecule has 0 radical (unpaired) electrons. The Morgan fingerprint density at radius 1 is 0.854 bits per heavy atom. The van der Waals surface area contributed by atoms with Crippen LogP contribution in [-0.2, 0) is 35.2 Å². The summed E-state index contributed by atoms with van der Waals surface area (Å²) in [5.41, 5.74) is 18.4. The number of benzene rings is 1. The first-order valence-corrected chi connectivity index (χ1v) is 13.1. The number of primary amides is 1. The highest BCUT2D eigenvalue weighted by Gasteiger charge is 2.31. The van der Waals surface area contributed by atoms with Gasteiger partial charge in [-0.3, -0.25) is 24.0 Å². The molecule has 0 aliphatic rings. The van der Waals surface area contributed by atoms with Crippen LogP contribution in [0.15, 0.2) is 30.5 Å². The second-order valence-electron chi connectivity index (χ2n) is 9.58. The number of carbonyl (C=O) groups is 6. The van der Waals surface area contributed by atoms with Crippen molar-refractivity contribution < 1.29 is 39.0 Å². The monoisotopic (exact) mass is 575 g/mol. The number of hydrogen-bond acceptors (Lipinski definition) is 8. The summed E-state index contributed by atoms with van der Waals surface area (Å²) in [7, 11) is 0. The molecule has 0 bridgehead atoms. The molecule has 15 nitrogen and oxygen atoms in total. The molecular formula is C26H37N7O8. The van der Waals surface area contributed by atoms with E-state index in [1.807, 2.05) is 24.3 Å². The fourth-order valence-electron chi connectivity index (χ4n) is 4.15. The molecule has 2 rings (SSSR count). The first kappa shape index (κ1) is 32.7. The van der Waals surface area contributed by atoms with Crippen LogP contribution in [0.5, 0.6) is 0 Å². The summed E-state index contributed by atoms with van der Waals surface area (Å²) < 4.78 is 0. The highest BCUT2D eigenvalue weighted by molar-refractivity contribution is 5.96. The van der Waals surface area contributed by atoms with E-state index in [1.54, 1.807) is 6.20 Å². The average Bonchev–Trinajstić information content (AvgIpc) is 3.32. The number of rotatable bonds is 18. The minimum Gasteiger partial charge on any atom is -0.481 e. The summed E-state index contributed by atoms with van der Waals surface area (Å²) in [6.07, 6.45) is 1.24. The predicted molar refractivity (Wildman–Crippen MR) is 147 cm³/mol. The van der Waals surface area contributed by atoms with Gasteiger partial charge in [0.2, 0.25) is 23.6 Å². The normalized spacial score (nSPS) is 13.9. The zero-order chi connectivity index (χ0) is 30.5. The Labute approximate surface area is 235 Å². The van der Waals surface area contributed by atoms with E-state index in [2.05, 4.69) is 20.9 Å². The van der Waals surface area contributed by atoms with Crippen molar-refractivity contribution in [2.75, 3.05) is 6.54 Å². The summed E-state index contributed by atoms with van der Waals surface area (Å²) in [4.78, 5) is 76.3. The van der Waals surface area contributed by atoms with Crippen LogP contribution in [0.4, 0.5) is 0 Å². The maximum atomic E-state index is 13.1. The van der Waals surface area contributed by atoms with Gasteiger partial charge in [0.25, 0.3) is 0 Å². The van der Waals surface area contributed by atoms with Gasteiger partial charge >= 0.3 is 11.9 Å². The number of fused-ring (bicyclic) bond motifs is 1. The zero-order valence-electron chi connectivity index (χ0n) is 22.4. The van der Waals surface area contributed by atoms with Gasteiger partial charge in [0.1, 0.15) is 18.1 Å². The molecule has 1 heterocycles. The lowest BCUT2D eigenvalue weighted by molar-refractivity contribution is -0.143. The fourth-order valence-corrected chi connectivity index (χ4v) is 4.15. The molecule has 2 aromatic rings. The number of carboxylic acid groups (broad SMARTS) is 2. The number of hydrogen-bond donors (Lipinski definition) is 9. The van der Waals surface area contributed by atoms with Gasteiger partial charge in [-0.2, -0.15) is 0 Å². The Morgan fingerprint density at radius 3 is 2.12 bits per heavy atom. The number of carboxylic acids is 2. The number of aliphatic carboxylic acids is 2. The molecule has 4 amide bonds. The van der Waals surface area contributed by atoms with E-state index in [9.17, 15) is 33.9 Å². The second-order valence-corrected chi connectivity index (χ2v) is 9.58. The third-order valence-electron chi connectivity index (χ3n) is 6.33. The van der Waals surface area contributed by atoms with Crippen LogP contribution in [0.1, 0.15) is 44.1 Å². The number of aromatic amines is 1. The lowest BCUT2D eigenvalue weighted by atomic mass is 10.0. The van der Waals surface area contributed by atoms with Crippen molar-refractivity contribution in [3.05, 3.63) is 36.0 Å². The molecule has 1 aromatic carbocycles. The van der Waals surface area contributed by atoms with E-state index in [-0.39, 0.29) is 19.3 Å². The maximum Gasteiger partial charge on any atom is 0.326 e. The molecule has 0 aliphatic carbocycles. The minimum absolute atomic E-state index is 0.0620. The number of unbranched alkanes of at least 4 members (excludes halogenated alkanes) is 1. The molecule has 4 unspecified atom stereocenters. The maximum absolute atomic E-state index is 13.1. The van der Waals surface area contributed by atoms with Crippen molar-refractivity contribution in [2.45, 2.75) is 69.1 Å². The molecule has 0 saturated heterocycles. The van der Waals surface area contributed by atoms with Crippen molar-refractivity contribution in [1.82, 2.24) is 20.9 Å². The third kappa shape index (κ3) is 10.5. The second kappa shape index (κ2) is 15.9. The molecule has 12 N–H and O–H groups in total. The third-order valence-corrected chi connectivity index (χ3v) is 6.33. The van der Waals surface area contributed by atoms with Crippen LogP contribution in [0.2, 0.25) is 0 Å². The van der Waals surface area contributed by atoms with Gasteiger partial charge in [-0.25, -0.2) is 4.79 Å². The van der Waals surface area contributed by atoms with Crippen molar-refractivity contribution in [3.8, 4) is 0 Å². The van der Waals surface area contributed by atoms with Crippen molar-refractivity contribution >= 4 is 46.5 Å². The van der Waals surface area contributed by atoms with E-state index in [0.717, 1.165) is 16.5 Å². The highest BCUT2D eigenvalue weighted by atomic mass is 16.4. The fraction of sp³-hybridized carbons (Fsp3) is 0.462. The number of nitrogens with one attached hydrogen (secondary N) is 4. The SMILES string of the molecule is NCCCCC(NC(=O)C(CCC(=O)O)NC(=O)C(CC(N)=O)NC(=O)C(N)Cc1c[nH]c2ccccc12)C(=O)O. The first-order chi connectivity index (χ1) is 19.4. The number of H-pyrrole nitrogens is 1. The van der Waals surface area contributed by atoms with Crippen LogP contribution in [-0.4, -0.2) is 81.5 Å². The van der Waals surface area contributed by atoms with E-state index >= 15 is 0 Å². The summed E-state index contributed by atoms with van der Waals surface area (Å²) in [5, 5.41) is 26.4. The highest BCUT2D eigenvalue weighted by Crippen LogP contribution is 2.18. The topological polar surface area (TPSA) is 273 Å². The van der Waals surface area contributed by atoms with E-state index in [0.29, 0.717) is 19.4 Å². The molecule has 0 spiro atoms. The molecule has 1 aromatic heterocycles. The Hall–Kier alpha value is -4.50. The molecule has 0 saturated carbocycles. The lowest BCUT2D eigenvalue weighted by Gasteiger charge is -2.24. The Kier molecular flexibility index (Phi) is 12.7. The largest absolute Gasteiger partial charge is 0.481 e. The van der Waals surface area contributed by atoms with E-state index < -0.39 is 72.6 Å². The van der Waals surface area contributed by atoms with Crippen LogP contribution in [0.3, 0.4) is 0 Å². The van der Waals surface area contributed by atoms with Gasteiger partial charge in [-0.15, -0.1) is 0 Å². The number of nitrogens with two attached hydrogens (primary N) is 3. The summed E-state index contributed by atoms with van der Waals surface area (Å²) in [5.74, 6) is -6.24. The smallest absolute Gasteiger partial charge is 0.326 e. The van der Waals surface area contributed by atoms with Crippen molar-refractivity contribution in [3.63, 3.8) is 0 Å². The number of para-hydroxylation sites is 1. The minimum atomic E-state index is -1.53. The van der Waals surface area contributed by atoms with Crippen molar-refractivity contribution in [2.24, 2.45) is 17.2 Å². The standard InChI is InChI=1S/C26H37N7O8/c27-10-4-3-7-19(26(40)41)32-24(38)18(8-9-22(35)36)31-25(39)20(12-21(29)34)33-23(37)16(28)11-14-13-30-17-6-2-1-5-15(14)17/h1-2,5-6,13,16,18-20,30H,3-4,7-12,27-28H2,(H2,29,34)(H,31,39)(H,32,38)(H,33,37)(H,35,36)(H,40,41). The van der Waals surface area contributed by atoms with Crippen LogP contribution in [0, 0.1) is 0 Å². The van der Waals surface area contributed by atoms with Gasteiger partial charge in [-0.05, 0) is 50.3 Å². The van der Waals surface area contributed by atoms with Crippen LogP contribution in [0.25, 0.3) is 10.9 Å². The molecule has 15 heteroatoms. The molecule has 41 heavy (non-hydrogen) atoms. The van der Waals surface area contributed by atoms with Gasteiger partial charge in [0, 0.05) is 23.5 Å². The molecule has 224 valence electrons. The van der Waals surface area contributed by atoms with Crippen molar-refractivity contribution in [1.29, 1.82) is 0 Å². The summed E-state index contributed by atoms with van der Waals surface area (Å²) in [6.45, 7) is 0.329. The van der Waals surface area contributed by atoms with Gasteiger partial charge in [-0.1, -0.05) is 18.2 Å². The average molecular weight is 576 g/mol. The Bertz CT molecular complexity index is 1250. The molecule has 4 atom stereocenters. The number of carbonyl (C=O) groups excluding carboxylic acids is 4. The van der Waals surface area contributed by atoms with Crippen LogP contribution < -0.4 is 33.2 Å². The quantitative estimate of drug-likeness (QED) is 0.0922. The zero-order valence-corrected chi connectivity index (χ0v) is 22.4. The molecular weight excluding hydrogens is 538 g/mol. The summed E-state index contributed by atoms with van der Waals surface area (Å²) >= 11 is 0. The Balaban J connectivity index is 2.13. The van der Waals surface area contributed by atoms with E-state index in [4.69, 9.17) is 22.3 Å². The first-order valence-electron chi connectivity index (χ1n) is 13.1. The summed E-state index contributed by atoms with van der Waals surface area (Å²) in [6, 6.07) is 1.94. The van der Waals surface area contributed by atoms with Gasteiger partial charge in [0.05, 0.1) is 12.5 Å². The number of aromatic nitrogens is 1.